The van der Waals surface area contributed by atoms with Gasteiger partial charge in [-0.3, -0.25) is 14.4 Å². The summed E-state index contributed by atoms with van der Waals surface area (Å²) >= 11 is 0. The predicted octanol–water partition coefficient (Wildman–Crippen LogP) is 3.39. The highest BCUT2D eigenvalue weighted by atomic mass is 16.5. The first-order chi connectivity index (χ1) is 14.5. The topological polar surface area (TPSA) is 80.1 Å². The average Bonchev–Trinajstić information content (AvgIpc) is 3.25. The SMILES string of the molecule is CCCN(CC(=O)N(Cc1ccccc1)Cc1ccco1)C(=O)CCC(=O)OCC. The second kappa shape index (κ2) is 12.5. The van der Waals surface area contributed by atoms with Gasteiger partial charge in [-0.2, -0.15) is 0 Å². The second-order valence-electron chi connectivity index (χ2n) is 6.94. The van der Waals surface area contributed by atoms with Crippen molar-refractivity contribution in [3.05, 3.63) is 60.1 Å². The number of esters is 1. The summed E-state index contributed by atoms with van der Waals surface area (Å²) in [6.07, 6.45) is 2.34. The van der Waals surface area contributed by atoms with Crippen molar-refractivity contribution < 1.29 is 23.5 Å². The highest BCUT2D eigenvalue weighted by molar-refractivity contribution is 5.86. The van der Waals surface area contributed by atoms with Gasteiger partial charge in [0.25, 0.3) is 0 Å². The van der Waals surface area contributed by atoms with Gasteiger partial charge in [0.05, 0.1) is 32.4 Å². The molecule has 1 aromatic carbocycles. The maximum Gasteiger partial charge on any atom is 0.306 e. The van der Waals surface area contributed by atoms with E-state index in [0.717, 1.165) is 12.0 Å². The molecule has 1 heterocycles. The van der Waals surface area contributed by atoms with Crippen LogP contribution < -0.4 is 0 Å². The van der Waals surface area contributed by atoms with E-state index in [1.807, 2.05) is 43.3 Å². The van der Waals surface area contributed by atoms with Gasteiger partial charge in [-0.1, -0.05) is 37.3 Å². The van der Waals surface area contributed by atoms with E-state index in [2.05, 4.69) is 0 Å². The van der Waals surface area contributed by atoms with Gasteiger partial charge in [0.1, 0.15) is 5.76 Å². The molecule has 30 heavy (non-hydrogen) atoms. The quantitative estimate of drug-likeness (QED) is 0.498. The lowest BCUT2D eigenvalue weighted by Gasteiger charge is -2.27. The Balaban J connectivity index is 2.05. The normalized spacial score (nSPS) is 10.5. The van der Waals surface area contributed by atoms with Gasteiger partial charge in [0, 0.05) is 19.5 Å². The zero-order chi connectivity index (χ0) is 21.8. The molecule has 0 atom stereocenters. The van der Waals surface area contributed by atoms with Crippen molar-refractivity contribution in [2.75, 3.05) is 19.7 Å². The Morgan fingerprint density at radius 3 is 2.30 bits per heavy atom. The van der Waals surface area contributed by atoms with Crippen LogP contribution in [0.5, 0.6) is 0 Å². The van der Waals surface area contributed by atoms with Crippen molar-refractivity contribution in [2.24, 2.45) is 0 Å². The monoisotopic (exact) mass is 414 g/mol. The number of furan rings is 1. The van der Waals surface area contributed by atoms with E-state index in [1.54, 1.807) is 24.2 Å². The molecule has 2 aromatic rings. The van der Waals surface area contributed by atoms with Gasteiger partial charge in [-0.25, -0.2) is 0 Å². The minimum Gasteiger partial charge on any atom is -0.467 e. The number of nitrogens with zero attached hydrogens (tertiary/aromatic N) is 2. The molecule has 0 aliphatic carbocycles. The van der Waals surface area contributed by atoms with Crippen molar-refractivity contribution in [3.8, 4) is 0 Å². The third kappa shape index (κ3) is 7.73. The van der Waals surface area contributed by atoms with Gasteiger partial charge in [-0.15, -0.1) is 0 Å². The molecule has 0 bridgehead atoms. The first-order valence-corrected chi connectivity index (χ1v) is 10.3. The Kier molecular flexibility index (Phi) is 9.64. The van der Waals surface area contributed by atoms with Crippen LogP contribution in [0, 0.1) is 0 Å². The highest BCUT2D eigenvalue weighted by Crippen LogP contribution is 2.12. The molecule has 1 aromatic heterocycles. The van der Waals surface area contributed by atoms with Gasteiger partial charge in [-0.05, 0) is 31.0 Å². The summed E-state index contributed by atoms with van der Waals surface area (Å²) in [4.78, 5) is 40.5. The fraction of sp³-hybridized carbons (Fsp3) is 0.435. The van der Waals surface area contributed by atoms with Crippen molar-refractivity contribution in [3.63, 3.8) is 0 Å². The minimum absolute atomic E-state index is 0.0151. The smallest absolute Gasteiger partial charge is 0.306 e. The fourth-order valence-electron chi connectivity index (χ4n) is 3.05. The lowest BCUT2D eigenvalue weighted by molar-refractivity contribution is -0.146. The molecule has 0 N–H and O–H groups in total. The van der Waals surface area contributed by atoms with Crippen LogP contribution in [0.4, 0.5) is 0 Å². The zero-order valence-electron chi connectivity index (χ0n) is 17.7. The lowest BCUT2D eigenvalue weighted by atomic mass is 10.2. The first-order valence-electron chi connectivity index (χ1n) is 10.3. The summed E-state index contributed by atoms with van der Waals surface area (Å²) in [7, 11) is 0. The molecule has 162 valence electrons. The van der Waals surface area contributed by atoms with E-state index >= 15 is 0 Å². The molecular formula is C23H30N2O5. The van der Waals surface area contributed by atoms with Crippen molar-refractivity contribution in [1.29, 1.82) is 0 Å². The van der Waals surface area contributed by atoms with Crippen molar-refractivity contribution in [1.82, 2.24) is 9.80 Å². The molecule has 0 spiro atoms. The molecule has 0 saturated carbocycles. The van der Waals surface area contributed by atoms with Crippen LogP contribution >= 0.6 is 0 Å². The number of hydrogen-bond acceptors (Lipinski definition) is 5. The Labute approximate surface area is 177 Å². The number of benzene rings is 1. The molecule has 0 aliphatic rings. The summed E-state index contributed by atoms with van der Waals surface area (Å²) < 4.78 is 10.3. The largest absolute Gasteiger partial charge is 0.467 e. The summed E-state index contributed by atoms with van der Waals surface area (Å²) in [5, 5.41) is 0. The third-order valence-electron chi connectivity index (χ3n) is 4.52. The van der Waals surface area contributed by atoms with E-state index in [4.69, 9.17) is 9.15 Å². The zero-order valence-corrected chi connectivity index (χ0v) is 17.7. The number of amides is 2. The van der Waals surface area contributed by atoms with E-state index in [9.17, 15) is 14.4 Å². The van der Waals surface area contributed by atoms with Crippen LogP contribution in [0.25, 0.3) is 0 Å². The third-order valence-corrected chi connectivity index (χ3v) is 4.52. The van der Waals surface area contributed by atoms with E-state index in [-0.39, 0.29) is 37.8 Å². The van der Waals surface area contributed by atoms with Crippen LogP contribution in [0.15, 0.2) is 53.1 Å². The molecule has 7 heteroatoms. The molecule has 0 unspecified atom stereocenters. The number of carbonyl (C=O) groups is 3. The van der Waals surface area contributed by atoms with Crippen molar-refractivity contribution in [2.45, 2.75) is 46.2 Å². The molecule has 0 fully saturated rings. The Morgan fingerprint density at radius 1 is 0.900 bits per heavy atom. The van der Waals surface area contributed by atoms with E-state index < -0.39 is 5.97 Å². The van der Waals surface area contributed by atoms with E-state index in [0.29, 0.717) is 25.4 Å². The van der Waals surface area contributed by atoms with Crippen LogP contribution in [0.3, 0.4) is 0 Å². The summed E-state index contributed by atoms with van der Waals surface area (Å²) in [5.74, 6) is -0.129. The number of hydrogen-bond donors (Lipinski definition) is 0. The fourth-order valence-corrected chi connectivity index (χ4v) is 3.05. The standard InChI is InChI=1S/C23H30N2O5/c1-3-14-24(21(26)12-13-23(28)29-4-2)18-22(27)25(17-20-11-8-15-30-20)16-19-9-6-5-7-10-19/h5-11,15H,3-4,12-14,16-18H2,1-2H3. The predicted molar refractivity (Wildman–Crippen MR) is 112 cm³/mol. The van der Waals surface area contributed by atoms with Gasteiger partial charge in [0.15, 0.2) is 0 Å². The Bertz CT molecular complexity index is 789. The molecule has 0 radical (unpaired) electrons. The second-order valence-corrected chi connectivity index (χ2v) is 6.94. The van der Waals surface area contributed by atoms with Gasteiger partial charge in [0.2, 0.25) is 11.8 Å². The minimum atomic E-state index is -0.405. The van der Waals surface area contributed by atoms with Gasteiger partial charge >= 0.3 is 5.97 Å². The molecule has 0 aliphatic heterocycles. The summed E-state index contributed by atoms with van der Waals surface area (Å²) in [6, 6.07) is 13.3. The maximum absolute atomic E-state index is 13.1. The highest BCUT2D eigenvalue weighted by Gasteiger charge is 2.22. The Morgan fingerprint density at radius 2 is 1.67 bits per heavy atom. The first kappa shape index (κ1) is 23.2. The lowest BCUT2D eigenvalue weighted by Crippen LogP contribution is -2.42. The molecule has 0 saturated heterocycles. The van der Waals surface area contributed by atoms with Crippen molar-refractivity contribution >= 4 is 17.8 Å². The average molecular weight is 415 g/mol. The van der Waals surface area contributed by atoms with Gasteiger partial charge < -0.3 is 19.0 Å². The molecular weight excluding hydrogens is 384 g/mol. The van der Waals surface area contributed by atoms with Crippen LogP contribution in [-0.4, -0.2) is 47.3 Å². The van der Waals surface area contributed by atoms with Crippen LogP contribution in [-0.2, 0) is 32.2 Å². The molecule has 2 amide bonds. The number of carbonyl (C=O) groups excluding carboxylic acids is 3. The van der Waals surface area contributed by atoms with E-state index in [1.165, 1.54) is 4.90 Å². The molecule has 7 nitrogen and oxygen atoms in total. The summed E-state index contributed by atoms with van der Waals surface area (Å²) in [6.45, 7) is 5.10. The van der Waals surface area contributed by atoms with Crippen LogP contribution in [0.2, 0.25) is 0 Å². The van der Waals surface area contributed by atoms with Crippen LogP contribution in [0.1, 0.15) is 44.4 Å². The number of ether oxygens (including phenoxy) is 1. The molecule has 2 rings (SSSR count). The number of rotatable bonds is 12. The Hall–Kier alpha value is -3.09. The summed E-state index contributed by atoms with van der Waals surface area (Å²) in [5.41, 5.74) is 0.994. The maximum atomic E-state index is 13.1.